The molecule has 0 spiro atoms. The molecule has 0 rings (SSSR count). The van der Waals surface area contributed by atoms with Gasteiger partial charge in [-0.1, -0.05) is 18.6 Å². The molecular formula is C7H16OSi. The third-order valence-corrected chi connectivity index (χ3v) is 1.89. The standard InChI is InChI=1S/C7H16OSi/c1-4-9-8-6-5-7(2)3/h5H,4,6,9H2,1-3H3. The van der Waals surface area contributed by atoms with E-state index in [0.29, 0.717) is 0 Å². The van der Waals surface area contributed by atoms with Crippen molar-refractivity contribution in [1.82, 2.24) is 0 Å². The molecule has 0 fully saturated rings. The van der Waals surface area contributed by atoms with Gasteiger partial charge in [0, 0.05) is 0 Å². The van der Waals surface area contributed by atoms with E-state index in [1.807, 2.05) is 0 Å². The van der Waals surface area contributed by atoms with Gasteiger partial charge in [-0.25, -0.2) is 0 Å². The van der Waals surface area contributed by atoms with Crippen LogP contribution in [0.15, 0.2) is 11.6 Å². The maximum atomic E-state index is 5.36. The van der Waals surface area contributed by atoms with Gasteiger partial charge in [-0.3, -0.25) is 0 Å². The summed E-state index contributed by atoms with van der Waals surface area (Å²) in [6.07, 6.45) is 2.13. The van der Waals surface area contributed by atoms with Crippen molar-refractivity contribution >= 4 is 9.76 Å². The van der Waals surface area contributed by atoms with Crippen molar-refractivity contribution in [1.29, 1.82) is 0 Å². The third kappa shape index (κ3) is 7.92. The van der Waals surface area contributed by atoms with Gasteiger partial charge < -0.3 is 4.43 Å². The van der Waals surface area contributed by atoms with Gasteiger partial charge in [0.2, 0.25) is 0 Å². The summed E-state index contributed by atoms with van der Waals surface area (Å²) >= 11 is 0. The van der Waals surface area contributed by atoms with Crippen LogP contribution in [0, 0.1) is 0 Å². The fraction of sp³-hybridized carbons (Fsp3) is 0.714. The van der Waals surface area contributed by atoms with E-state index >= 15 is 0 Å². The van der Waals surface area contributed by atoms with Crippen molar-refractivity contribution in [2.45, 2.75) is 26.8 Å². The van der Waals surface area contributed by atoms with Crippen LogP contribution < -0.4 is 0 Å². The minimum absolute atomic E-state index is 0.166. The first-order valence-electron chi connectivity index (χ1n) is 3.48. The Morgan fingerprint density at radius 1 is 1.56 bits per heavy atom. The predicted octanol–water partition coefficient (Wildman–Crippen LogP) is 1.49. The molecular weight excluding hydrogens is 128 g/mol. The molecule has 0 aliphatic rings. The van der Waals surface area contributed by atoms with Crippen LogP contribution in [-0.4, -0.2) is 16.4 Å². The highest BCUT2D eigenvalue weighted by atomic mass is 28.2. The Kier molecular flexibility index (Phi) is 5.99. The van der Waals surface area contributed by atoms with Gasteiger partial charge in [0.05, 0.1) is 6.61 Å². The zero-order chi connectivity index (χ0) is 7.11. The van der Waals surface area contributed by atoms with Gasteiger partial charge in [0.1, 0.15) is 0 Å². The first kappa shape index (κ1) is 8.92. The van der Waals surface area contributed by atoms with Crippen LogP contribution in [-0.2, 0) is 4.43 Å². The third-order valence-electron chi connectivity index (χ3n) is 0.958. The SMILES string of the molecule is CC[SiH2]OCC=C(C)C. The predicted molar refractivity (Wildman–Crippen MR) is 44.4 cm³/mol. The van der Waals surface area contributed by atoms with Crippen LogP contribution in [0.1, 0.15) is 20.8 Å². The second-order valence-corrected chi connectivity index (χ2v) is 4.17. The monoisotopic (exact) mass is 144 g/mol. The van der Waals surface area contributed by atoms with Crippen LogP contribution in [0.3, 0.4) is 0 Å². The van der Waals surface area contributed by atoms with E-state index in [4.69, 9.17) is 4.43 Å². The van der Waals surface area contributed by atoms with Gasteiger partial charge >= 0.3 is 0 Å². The van der Waals surface area contributed by atoms with Gasteiger partial charge in [-0.2, -0.15) is 0 Å². The molecule has 0 heterocycles. The average molecular weight is 144 g/mol. The minimum Gasteiger partial charge on any atom is -0.420 e. The van der Waals surface area contributed by atoms with E-state index in [1.165, 1.54) is 11.6 Å². The van der Waals surface area contributed by atoms with Gasteiger partial charge in [0.25, 0.3) is 0 Å². The second kappa shape index (κ2) is 6.04. The van der Waals surface area contributed by atoms with Crippen molar-refractivity contribution < 1.29 is 4.43 Å². The molecule has 0 aromatic rings. The first-order valence-corrected chi connectivity index (χ1v) is 5.06. The Morgan fingerprint density at radius 2 is 2.22 bits per heavy atom. The number of hydrogen-bond donors (Lipinski definition) is 0. The minimum atomic E-state index is -0.166. The fourth-order valence-corrected chi connectivity index (χ4v) is 1.03. The Hall–Kier alpha value is -0.0831. The lowest BCUT2D eigenvalue weighted by molar-refractivity contribution is 0.384. The summed E-state index contributed by atoms with van der Waals surface area (Å²) in [4.78, 5) is 0. The van der Waals surface area contributed by atoms with Crippen LogP contribution in [0.4, 0.5) is 0 Å². The van der Waals surface area contributed by atoms with Gasteiger partial charge in [-0.05, 0) is 19.9 Å². The molecule has 0 aliphatic heterocycles. The molecule has 0 aromatic carbocycles. The van der Waals surface area contributed by atoms with E-state index in [2.05, 4.69) is 26.8 Å². The fourth-order valence-electron chi connectivity index (χ4n) is 0.453. The smallest absolute Gasteiger partial charge is 0.161 e. The molecule has 1 nitrogen and oxygen atoms in total. The molecule has 2 heteroatoms. The quantitative estimate of drug-likeness (QED) is 0.330. The summed E-state index contributed by atoms with van der Waals surface area (Å²) < 4.78 is 5.36. The Balaban J connectivity index is 3.00. The summed E-state index contributed by atoms with van der Waals surface area (Å²) in [5, 5.41) is 0. The molecule has 0 bridgehead atoms. The largest absolute Gasteiger partial charge is 0.420 e. The molecule has 0 atom stereocenters. The lowest BCUT2D eigenvalue weighted by atomic mass is 10.3. The molecule has 0 saturated heterocycles. The maximum Gasteiger partial charge on any atom is 0.161 e. The summed E-state index contributed by atoms with van der Waals surface area (Å²) in [6, 6.07) is 1.25. The molecule has 0 radical (unpaired) electrons. The van der Waals surface area contributed by atoms with E-state index in [9.17, 15) is 0 Å². The normalized spacial score (nSPS) is 10.6. The van der Waals surface area contributed by atoms with Gasteiger partial charge in [0.15, 0.2) is 9.76 Å². The molecule has 0 saturated carbocycles. The summed E-state index contributed by atoms with van der Waals surface area (Å²) in [5.74, 6) is 0. The summed E-state index contributed by atoms with van der Waals surface area (Å²) in [6.45, 7) is 7.20. The zero-order valence-corrected chi connectivity index (χ0v) is 8.02. The highest BCUT2D eigenvalue weighted by Crippen LogP contribution is 1.87. The van der Waals surface area contributed by atoms with Crippen LogP contribution in [0.2, 0.25) is 6.04 Å². The molecule has 0 aliphatic carbocycles. The molecule has 0 amide bonds. The average Bonchev–Trinajstić information content (AvgIpc) is 1.80. The molecule has 9 heavy (non-hydrogen) atoms. The Labute approximate surface area is 60.1 Å². The van der Waals surface area contributed by atoms with E-state index in [0.717, 1.165) is 6.61 Å². The van der Waals surface area contributed by atoms with Crippen LogP contribution in [0.5, 0.6) is 0 Å². The summed E-state index contributed by atoms with van der Waals surface area (Å²) in [5.41, 5.74) is 1.35. The number of allylic oxidation sites excluding steroid dienone is 1. The topological polar surface area (TPSA) is 9.23 Å². The van der Waals surface area contributed by atoms with Crippen LogP contribution in [0.25, 0.3) is 0 Å². The highest BCUT2D eigenvalue weighted by Gasteiger charge is 1.80. The van der Waals surface area contributed by atoms with Crippen molar-refractivity contribution in [2.75, 3.05) is 6.61 Å². The van der Waals surface area contributed by atoms with Crippen molar-refractivity contribution in [2.24, 2.45) is 0 Å². The number of rotatable bonds is 4. The van der Waals surface area contributed by atoms with Crippen molar-refractivity contribution in [3.05, 3.63) is 11.6 Å². The first-order chi connectivity index (χ1) is 4.27. The van der Waals surface area contributed by atoms with E-state index in [1.54, 1.807) is 0 Å². The van der Waals surface area contributed by atoms with Crippen molar-refractivity contribution in [3.63, 3.8) is 0 Å². The molecule has 0 unspecified atom stereocenters. The second-order valence-electron chi connectivity index (χ2n) is 2.36. The lowest BCUT2D eigenvalue weighted by Crippen LogP contribution is -1.95. The van der Waals surface area contributed by atoms with Crippen LogP contribution >= 0.6 is 0 Å². The molecule has 54 valence electrons. The Bertz CT molecular complexity index is 84.9. The molecule has 0 aromatic heterocycles. The maximum absolute atomic E-state index is 5.36. The van der Waals surface area contributed by atoms with Crippen molar-refractivity contribution in [3.8, 4) is 0 Å². The van der Waals surface area contributed by atoms with E-state index < -0.39 is 0 Å². The number of hydrogen-bond acceptors (Lipinski definition) is 1. The lowest BCUT2D eigenvalue weighted by Gasteiger charge is -1.95. The Morgan fingerprint density at radius 3 is 2.67 bits per heavy atom. The van der Waals surface area contributed by atoms with Gasteiger partial charge in [-0.15, -0.1) is 0 Å². The van der Waals surface area contributed by atoms with E-state index in [-0.39, 0.29) is 9.76 Å². The highest BCUT2D eigenvalue weighted by molar-refractivity contribution is 6.26. The molecule has 0 N–H and O–H groups in total. The zero-order valence-electron chi connectivity index (χ0n) is 6.61. The summed E-state index contributed by atoms with van der Waals surface area (Å²) in [7, 11) is -0.166.